The predicted octanol–water partition coefficient (Wildman–Crippen LogP) is -1.87. The zero-order valence-electron chi connectivity index (χ0n) is 6.99. The standard InChI is InChI=1S/C6H10O7S/c7-3-1-4(6(8)9)13-2-5(3)14(10,11)12/h3-5,7H,1-2H2,(H,8,9)(H,10,11,12)/p-1/t3-,4?,5?/m0/s1. The number of hydrogen-bond acceptors (Lipinski definition) is 6. The molecular formula is C6H9O7S-. The Morgan fingerprint density at radius 2 is 2.07 bits per heavy atom. The zero-order valence-corrected chi connectivity index (χ0v) is 7.81. The normalized spacial score (nSPS) is 34.0. The third-order valence-electron chi connectivity index (χ3n) is 1.99. The molecule has 0 aromatic carbocycles. The Morgan fingerprint density at radius 3 is 2.43 bits per heavy atom. The van der Waals surface area contributed by atoms with Gasteiger partial charge in [0.2, 0.25) is 0 Å². The molecule has 1 heterocycles. The lowest BCUT2D eigenvalue weighted by Gasteiger charge is -2.32. The minimum atomic E-state index is -4.64. The van der Waals surface area contributed by atoms with E-state index in [1.807, 2.05) is 0 Å². The maximum absolute atomic E-state index is 10.5. The number of ether oxygens (including phenoxy) is 1. The van der Waals surface area contributed by atoms with E-state index in [-0.39, 0.29) is 6.42 Å². The number of hydrogen-bond donors (Lipinski definition) is 2. The number of rotatable bonds is 2. The van der Waals surface area contributed by atoms with Crippen LogP contribution >= 0.6 is 0 Å². The maximum atomic E-state index is 10.5. The van der Waals surface area contributed by atoms with E-state index in [1.165, 1.54) is 0 Å². The van der Waals surface area contributed by atoms with Gasteiger partial charge >= 0.3 is 5.97 Å². The Labute approximate surface area is 80.1 Å². The lowest BCUT2D eigenvalue weighted by Crippen LogP contribution is -2.47. The highest BCUT2D eigenvalue weighted by atomic mass is 32.2. The summed E-state index contributed by atoms with van der Waals surface area (Å²) >= 11 is 0. The Morgan fingerprint density at radius 1 is 1.50 bits per heavy atom. The summed E-state index contributed by atoms with van der Waals surface area (Å²) in [5.41, 5.74) is 0. The van der Waals surface area contributed by atoms with E-state index in [2.05, 4.69) is 4.74 Å². The summed E-state index contributed by atoms with van der Waals surface area (Å²) in [6, 6.07) is 0. The van der Waals surface area contributed by atoms with Crippen LogP contribution in [-0.4, -0.2) is 53.2 Å². The minimum Gasteiger partial charge on any atom is -0.748 e. The Balaban J connectivity index is 2.70. The average Bonchev–Trinajstić information content (AvgIpc) is 2.01. The molecule has 82 valence electrons. The van der Waals surface area contributed by atoms with Crippen molar-refractivity contribution in [3.05, 3.63) is 0 Å². The molecule has 0 aromatic heterocycles. The summed E-state index contributed by atoms with van der Waals surface area (Å²) in [7, 11) is -4.64. The molecule has 8 heteroatoms. The first-order valence-corrected chi connectivity index (χ1v) is 5.26. The number of aliphatic hydroxyl groups is 1. The molecule has 0 spiro atoms. The van der Waals surface area contributed by atoms with Gasteiger partial charge in [-0.3, -0.25) is 0 Å². The van der Waals surface area contributed by atoms with Crippen molar-refractivity contribution >= 4 is 16.1 Å². The van der Waals surface area contributed by atoms with Crippen LogP contribution in [0.1, 0.15) is 6.42 Å². The molecule has 2 unspecified atom stereocenters. The van der Waals surface area contributed by atoms with Gasteiger partial charge in [-0.2, -0.15) is 0 Å². The van der Waals surface area contributed by atoms with Crippen LogP contribution in [0.15, 0.2) is 0 Å². The van der Waals surface area contributed by atoms with Gasteiger partial charge in [-0.15, -0.1) is 0 Å². The zero-order chi connectivity index (χ0) is 10.9. The average molecular weight is 225 g/mol. The summed E-state index contributed by atoms with van der Waals surface area (Å²) in [4.78, 5) is 10.4. The highest BCUT2D eigenvalue weighted by molar-refractivity contribution is 7.86. The molecule has 0 amide bonds. The van der Waals surface area contributed by atoms with Crippen LogP contribution in [0, 0.1) is 0 Å². The molecule has 7 nitrogen and oxygen atoms in total. The van der Waals surface area contributed by atoms with Gasteiger partial charge in [-0.05, 0) is 0 Å². The first-order valence-electron chi connectivity index (χ1n) is 3.79. The number of aliphatic hydroxyl groups excluding tert-OH is 1. The highest BCUT2D eigenvalue weighted by Gasteiger charge is 2.36. The topological polar surface area (TPSA) is 124 Å². The summed E-state index contributed by atoms with van der Waals surface area (Å²) in [6.45, 7) is -0.579. The summed E-state index contributed by atoms with van der Waals surface area (Å²) in [5, 5.41) is 16.1. The highest BCUT2D eigenvalue weighted by Crippen LogP contribution is 2.19. The molecule has 1 rings (SSSR count). The van der Waals surface area contributed by atoms with E-state index in [0.717, 1.165) is 0 Å². The van der Waals surface area contributed by atoms with Crippen LogP contribution in [-0.2, 0) is 19.6 Å². The SMILES string of the molecule is O=C(O)C1C[C@H](O)C(S(=O)(=O)[O-])CO1. The summed E-state index contributed by atoms with van der Waals surface area (Å²) < 4.78 is 36.2. The van der Waals surface area contributed by atoms with Gasteiger partial charge in [0, 0.05) is 6.42 Å². The van der Waals surface area contributed by atoms with Crippen LogP contribution in [0.25, 0.3) is 0 Å². The number of aliphatic carboxylic acids is 1. The molecular weight excluding hydrogens is 216 g/mol. The third kappa shape index (κ3) is 2.41. The quantitative estimate of drug-likeness (QED) is 0.528. The van der Waals surface area contributed by atoms with Gasteiger partial charge in [0.25, 0.3) is 0 Å². The predicted molar refractivity (Wildman–Crippen MR) is 41.5 cm³/mol. The molecule has 3 atom stereocenters. The smallest absolute Gasteiger partial charge is 0.332 e. The fourth-order valence-corrected chi connectivity index (χ4v) is 1.95. The number of carbonyl (C=O) groups is 1. The van der Waals surface area contributed by atoms with Crippen molar-refractivity contribution in [2.75, 3.05) is 6.61 Å². The van der Waals surface area contributed by atoms with Crippen molar-refractivity contribution in [2.24, 2.45) is 0 Å². The van der Waals surface area contributed by atoms with Gasteiger partial charge < -0.3 is 19.5 Å². The van der Waals surface area contributed by atoms with E-state index >= 15 is 0 Å². The fraction of sp³-hybridized carbons (Fsp3) is 0.833. The van der Waals surface area contributed by atoms with E-state index in [1.54, 1.807) is 0 Å². The second kappa shape index (κ2) is 3.81. The Hall–Kier alpha value is -0.700. The van der Waals surface area contributed by atoms with E-state index < -0.39 is 40.2 Å². The Bertz CT molecular complexity index is 321. The van der Waals surface area contributed by atoms with Crippen molar-refractivity contribution in [1.29, 1.82) is 0 Å². The minimum absolute atomic E-state index is 0.387. The van der Waals surface area contributed by atoms with Crippen LogP contribution in [0.5, 0.6) is 0 Å². The first kappa shape index (κ1) is 11.4. The van der Waals surface area contributed by atoms with Gasteiger partial charge in [0.05, 0.1) is 18.0 Å². The molecule has 0 aliphatic carbocycles. The third-order valence-corrected chi connectivity index (χ3v) is 3.18. The maximum Gasteiger partial charge on any atom is 0.332 e. The van der Waals surface area contributed by atoms with Crippen LogP contribution in [0.3, 0.4) is 0 Å². The lowest BCUT2D eigenvalue weighted by atomic mass is 10.1. The van der Waals surface area contributed by atoms with Crippen LogP contribution in [0.4, 0.5) is 0 Å². The summed E-state index contributed by atoms with van der Waals surface area (Å²) in [6.07, 6.45) is -3.11. The second-order valence-electron chi connectivity index (χ2n) is 2.99. The van der Waals surface area contributed by atoms with E-state index in [9.17, 15) is 22.9 Å². The first-order chi connectivity index (χ1) is 6.32. The van der Waals surface area contributed by atoms with Crippen molar-refractivity contribution in [1.82, 2.24) is 0 Å². The van der Waals surface area contributed by atoms with E-state index in [4.69, 9.17) is 5.11 Å². The van der Waals surface area contributed by atoms with Crippen LogP contribution in [0.2, 0.25) is 0 Å². The molecule has 14 heavy (non-hydrogen) atoms. The van der Waals surface area contributed by atoms with Gasteiger partial charge in [0.15, 0.2) is 6.10 Å². The molecule has 1 saturated heterocycles. The monoisotopic (exact) mass is 225 g/mol. The van der Waals surface area contributed by atoms with Gasteiger partial charge in [0.1, 0.15) is 10.1 Å². The van der Waals surface area contributed by atoms with Gasteiger partial charge in [-0.1, -0.05) is 0 Å². The van der Waals surface area contributed by atoms with E-state index in [0.29, 0.717) is 0 Å². The lowest BCUT2D eigenvalue weighted by molar-refractivity contribution is -0.157. The van der Waals surface area contributed by atoms with Crippen molar-refractivity contribution in [3.8, 4) is 0 Å². The molecule has 2 N–H and O–H groups in total. The second-order valence-corrected chi connectivity index (χ2v) is 4.59. The van der Waals surface area contributed by atoms with Gasteiger partial charge in [-0.25, -0.2) is 13.2 Å². The van der Waals surface area contributed by atoms with Crippen molar-refractivity contribution in [3.63, 3.8) is 0 Å². The van der Waals surface area contributed by atoms with Crippen molar-refractivity contribution < 1.29 is 32.7 Å². The molecule has 0 aromatic rings. The van der Waals surface area contributed by atoms with Crippen LogP contribution < -0.4 is 0 Å². The largest absolute Gasteiger partial charge is 0.748 e. The molecule has 1 aliphatic rings. The molecule has 1 aliphatic heterocycles. The van der Waals surface area contributed by atoms with Crippen molar-refractivity contribution in [2.45, 2.75) is 23.9 Å². The molecule has 0 bridgehead atoms. The molecule has 0 radical (unpaired) electrons. The Kier molecular flexibility index (Phi) is 3.10. The molecule has 1 fully saturated rings. The number of carboxylic acids is 1. The molecule has 0 saturated carbocycles. The summed E-state index contributed by atoms with van der Waals surface area (Å²) in [5.74, 6) is -1.29. The fourth-order valence-electron chi connectivity index (χ4n) is 1.21. The number of carboxylic acid groups (broad SMARTS) is 1.